The van der Waals surface area contributed by atoms with E-state index in [0.717, 1.165) is 37.8 Å². The normalized spacial score (nSPS) is 15.4. The number of amides is 1. The molecule has 5 nitrogen and oxygen atoms in total. The molecule has 0 aromatic heterocycles. The summed E-state index contributed by atoms with van der Waals surface area (Å²) >= 11 is 0. The molecule has 0 radical (unpaired) electrons. The van der Waals surface area contributed by atoms with Crippen molar-refractivity contribution in [1.82, 2.24) is 15.5 Å². The SMILES string of the molecule is CCNC(=NCC1(C(=O)N(C)C)CCCC1)NCC#Cc1cccc(C(F)(F)F)c1.I. The van der Waals surface area contributed by atoms with Crippen LogP contribution in [0.5, 0.6) is 0 Å². The van der Waals surface area contributed by atoms with Gasteiger partial charge in [-0.2, -0.15) is 13.2 Å². The molecule has 1 fully saturated rings. The molecule has 1 aliphatic rings. The average molecular weight is 550 g/mol. The third-order valence-electron chi connectivity index (χ3n) is 5.07. The number of guanidine groups is 1. The summed E-state index contributed by atoms with van der Waals surface area (Å²) in [5.41, 5.74) is -0.880. The van der Waals surface area contributed by atoms with Gasteiger partial charge < -0.3 is 15.5 Å². The summed E-state index contributed by atoms with van der Waals surface area (Å²) < 4.78 is 38.4. The Morgan fingerprint density at radius 1 is 1.23 bits per heavy atom. The molecule has 172 valence electrons. The number of carbonyl (C=O) groups is 1. The van der Waals surface area contributed by atoms with Crippen LogP contribution in [0.15, 0.2) is 29.3 Å². The molecule has 2 rings (SSSR count). The lowest BCUT2D eigenvalue weighted by Crippen LogP contribution is -2.43. The molecule has 0 aliphatic heterocycles. The van der Waals surface area contributed by atoms with Crippen LogP contribution >= 0.6 is 24.0 Å². The van der Waals surface area contributed by atoms with Crippen molar-refractivity contribution in [1.29, 1.82) is 0 Å². The van der Waals surface area contributed by atoms with E-state index in [9.17, 15) is 18.0 Å². The highest BCUT2D eigenvalue weighted by Gasteiger charge is 2.42. The Morgan fingerprint density at radius 3 is 2.48 bits per heavy atom. The summed E-state index contributed by atoms with van der Waals surface area (Å²) in [5.74, 6) is 6.20. The first-order chi connectivity index (χ1) is 14.2. The molecule has 0 bridgehead atoms. The molecular formula is C22H30F3IN4O. The number of aliphatic imine (C=N–C) groups is 1. The smallest absolute Gasteiger partial charge is 0.357 e. The number of carbonyl (C=O) groups excluding carboxylic acids is 1. The minimum absolute atomic E-state index is 0. The van der Waals surface area contributed by atoms with E-state index in [1.54, 1.807) is 19.0 Å². The van der Waals surface area contributed by atoms with Crippen molar-refractivity contribution in [3.63, 3.8) is 0 Å². The van der Waals surface area contributed by atoms with Gasteiger partial charge in [-0.05, 0) is 38.0 Å². The number of hydrogen-bond donors (Lipinski definition) is 2. The first kappa shape index (κ1) is 27.1. The van der Waals surface area contributed by atoms with Gasteiger partial charge in [-0.3, -0.25) is 9.79 Å². The fraction of sp³-hybridized carbons (Fsp3) is 0.545. The van der Waals surface area contributed by atoms with E-state index >= 15 is 0 Å². The summed E-state index contributed by atoms with van der Waals surface area (Å²) in [6.07, 6.45) is -0.714. The number of rotatable bonds is 5. The molecular weight excluding hydrogens is 520 g/mol. The number of nitrogens with zero attached hydrogens (tertiary/aromatic N) is 2. The number of hydrogen-bond acceptors (Lipinski definition) is 2. The third-order valence-corrected chi connectivity index (χ3v) is 5.07. The summed E-state index contributed by atoms with van der Waals surface area (Å²) in [6, 6.07) is 4.93. The number of alkyl halides is 3. The third kappa shape index (κ3) is 7.91. The van der Waals surface area contributed by atoms with E-state index in [0.29, 0.717) is 24.6 Å². The van der Waals surface area contributed by atoms with Crippen molar-refractivity contribution < 1.29 is 18.0 Å². The fourth-order valence-corrected chi connectivity index (χ4v) is 3.59. The zero-order valence-corrected chi connectivity index (χ0v) is 20.4. The van der Waals surface area contributed by atoms with Crippen molar-refractivity contribution in [3.8, 4) is 11.8 Å². The van der Waals surface area contributed by atoms with Crippen LogP contribution in [0.1, 0.15) is 43.7 Å². The van der Waals surface area contributed by atoms with Crippen molar-refractivity contribution >= 4 is 35.8 Å². The molecule has 0 heterocycles. The monoisotopic (exact) mass is 550 g/mol. The lowest BCUT2D eigenvalue weighted by molar-refractivity contribution is -0.139. The maximum Gasteiger partial charge on any atom is 0.416 e. The predicted molar refractivity (Wildman–Crippen MR) is 127 cm³/mol. The standard InChI is InChI=1S/C22H29F3N4O.HI/c1-4-26-20(28-16-21(12-5-6-13-21)19(30)29(2)3)27-14-8-10-17-9-7-11-18(15-17)22(23,24)25;/h7,9,11,15H,4-6,12-14,16H2,1-3H3,(H2,26,27,28);1H. The van der Waals surface area contributed by atoms with E-state index in [4.69, 9.17) is 0 Å². The molecule has 0 unspecified atom stereocenters. The van der Waals surface area contributed by atoms with Gasteiger partial charge in [-0.1, -0.05) is 30.7 Å². The number of halogens is 4. The van der Waals surface area contributed by atoms with Gasteiger partial charge in [0.1, 0.15) is 0 Å². The maximum absolute atomic E-state index is 12.8. The van der Waals surface area contributed by atoms with Crippen molar-refractivity contribution in [2.45, 2.75) is 38.8 Å². The average Bonchev–Trinajstić information content (AvgIpc) is 3.18. The van der Waals surface area contributed by atoms with Crippen molar-refractivity contribution in [2.75, 3.05) is 33.7 Å². The molecule has 0 atom stereocenters. The van der Waals surface area contributed by atoms with Crippen molar-refractivity contribution in [2.24, 2.45) is 10.4 Å². The molecule has 31 heavy (non-hydrogen) atoms. The Hall–Kier alpha value is -1.96. The molecule has 1 amide bonds. The molecule has 1 saturated carbocycles. The van der Waals surface area contributed by atoms with Crippen LogP contribution in [-0.2, 0) is 11.0 Å². The number of nitrogens with one attached hydrogen (secondary N) is 2. The number of benzene rings is 1. The fourth-order valence-electron chi connectivity index (χ4n) is 3.59. The Kier molecular flexibility index (Phi) is 10.6. The second-order valence-corrected chi connectivity index (χ2v) is 7.62. The molecule has 1 aliphatic carbocycles. The minimum Gasteiger partial charge on any atom is -0.357 e. The molecule has 1 aromatic carbocycles. The van der Waals surface area contributed by atoms with Gasteiger partial charge in [0.25, 0.3) is 0 Å². The van der Waals surface area contributed by atoms with Crippen LogP contribution < -0.4 is 10.6 Å². The van der Waals surface area contributed by atoms with Gasteiger partial charge >= 0.3 is 6.18 Å². The quantitative estimate of drug-likeness (QED) is 0.253. The minimum atomic E-state index is -4.39. The second kappa shape index (κ2) is 12.2. The van der Waals surface area contributed by atoms with Gasteiger partial charge in [0.2, 0.25) is 5.91 Å². The largest absolute Gasteiger partial charge is 0.416 e. The molecule has 0 spiro atoms. The Morgan fingerprint density at radius 2 is 1.90 bits per heavy atom. The van der Waals surface area contributed by atoms with Crippen LogP contribution in [-0.4, -0.2) is 50.5 Å². The van der Waals surface area contributed by atoms with Crippen molar-refractivity contribution in [3.05, 3.63) is 35.4 Å². The lowest BCUT2D eigenvalue weighted by Gasteiger charge is -2.29. The predicted octanol–water partition coefficient (Wildman–Crippen LogP) is 3.88. The van der Waals surface area contributed by atoms with Crippen LogP contribution in [0.4, 0.5) is 13.2 Å². The van der Waals surface area contributed by atoms with Crippen LogP contribution in [0, 0.1) is 17.3 Å². The van der Waals surface area contributed by atoms with E-state index in [2.05, 4.69) is 27.5 Å². The summed E-state index contributed by atoms with van der Waals surface area (Å²) in [7, 11) is 3.53. The Balaban J connectivity index is 0.00000480. The summed E-state index contributed by atoms with van der Waals surface area (Å²) in [4.78, 5) is 18.9. The summed E-state index contributed by atoms with van der Waals surface area (Å²) in [5, 5.41) is 6.18. The van der Waals surface area contributed by atoms with Gasteiger partial charge in [0.15, 0.2) is 5.96 Å². The van der Waals surface area contributed by atoms with E-state index in [1.165, 1.54) is 12.1 Å². The maximum atomic E-state index is 12.8. The van der Waals surface area contributed by atoms with Gasteiger partial charge in [0.05, 0.1) is 24.1 Å². The first-order valence-corrected chi connectivity index (χ1v) is 10.1. The van der Waals surface area contributed by atoms with Gasteiger partial charge in [-0.15, -0.1) is 24.0 Å². The highest BCUT2D eigenvalue weighted by molar-refractivity contribution is 14.0. The molecule has 0 saturated heterocycles. The first-order valence-electron chi connectivity index (χ1n) is 10.1. The van der Waals surface area contributed by atoms with E-state index in [-0.39, 0.29) is 36.4 Å². The Bertz CT molecular complexity index is 822. The molecule has 9 heteroatoms. The highest BCUT2D eigenvalue weighted by atomic mass is 127. The Labute approximate surface area is 199 Å². The van der Waals surface area contributed by atoms with Gasteiger partial charge in [0, 0.05) is 26.2 Å². The van der Waals surface area contributed by atoms with Crippen LogP contribution in [0.25, 0.3) is 0 Å². The second-order valence-electron chi connectivity index (χ2n) is 7.62. The lowest BCUT2D eigenvalue weighted by atomic mass is 9.85. The highest BCUT2D eigenvalue weighted by Crippen LogP contribution is 2.39. The topological polar surface area (TPSA) is 56.7 Å². The van der Waals surface area contributed by atoms with E-state index in [1.807, 2.05) is 6.92 Å². The van der Waals surface area contributed by atoms with E-state index < -0.39 is 17.2 Å². The van der Waals surface area contributed by atoms with Crippen LogP contribution in [0.2, 0.25) is 0 Å². The molecule has 2 N–H and O–H groups in total. The van der Waals surface area contributed by atoms with Gasteiger partial charge in [-0.25, -0.2) is 0 Å². The van der Waals surface area contributed by atoms with Crippen LogP contribution in [0.3, 0.4) is 0 Å². The zero-order valence-electron chi connectivity index (χ0n) is 18.1. The zero-order chi connectivity index (χ0) is 22.2. The molecule has 1 aromatic rings. The summed E-state index contributed by atoms with van der Waals surface area (Å²) in [6.45, 7) is 3.18.